The molecule has 1 aromatic carbocycles. The molecular formula is C14H15FN2O4. The molecule has 6 nitrogen and oxygen atoms in total. The third-order valence-electron chi connectivity index (χ3n) is 3.30. The summed E-state index contributed by atoms with van der Waals surface area (Å²) < 4.78 is 18.0. The first-order valence-corrected chi connectivity index (χ1v) is 6.38. The lowest BCUT2D eigenvalue weighted by Gasteiger charge is -2.31. The molecule has 112 valence electrons. The molecule has 7 heteroatoms. The zero-order valence-electron chi connectivity index (χ0n) is 11.6. The van der Waals surface area contributed by atoms with Gasteiger partial charge in [0.2, 0.25) is 11.8 Å². The second kappa shape index (κ2) is 6.01. The van der Waals surface area contributed by atoms with Crippen LogP contribution in [0.15, 0.2) is 24.3 Å². The van der Waals surface area contributed by atoms with Crippen molar-refractivity contribution in [3.05, 3.63) is 35.6 Å². The van der Waals surface area contributed by atoms with Gasteiger partial charge in [-0.3, -0.25) is 19.8 Å². The maximum absolute atomic E-state index is 12.9. The summed E-state index contributed by atoms with van der Waals surface area (Å²) in [6, 6.07) is 4.26. The zero-order valence-corrected chi connectivity index (χ0v) is 11.6. The van der Waals surface area contributed by atoms with E-state index in [0.29, 0.717) is 5.56 Å². The molecular weight excluding hydrogens is 279 g/mol. The van der Waals surface area contributed by atoms with Gasteiger partial charge in [0, 0.05) is 7.11 Å². The Morgan fingerprint density at radius 1 is 1.29 bits per heavy atom. The van der Waals surface area contributed by atoms with Gasteiger partial charge in [-0.15, -0.1) is 0 Å². The third kappa shape index (κ3) is 3.08. The number of carbonyl (C=O) groups is 3. The van der Waals surface area contributed by atoms with Crippen molar-refractivity contribution in [2.75, 3.05) is 13.7 Å². The third-order valence-corrected chi connectivity index (χ3v) is 3.30. The van der Waals surface area contributed by atoms with Crippen LogP contribution in [-0.2, 0) is 14.3 Å². The largest absolute Gasteiger partial charge is 0.380 e. The minimum absolute atomic E-state index is 0.0339. The molecule has 1 aliphatic rings. The highest BCUT2D eigenvalue weighted by atomic mass is 19.1. The van der Waals surface area contributed by atoms with Gasteiger partial charge in [0.25, 0.3) is 0 Å². The standard InChI is InChI=1S/C14H15FN2O4/c1-8(21-2)7-17-13(19)11(12(18)16-14(17)20)9-3-5-10(15)6-4-9/h3-6,8,11H,7H2,1-2H3,(H,16,18,20). The number of hydrogen-bond donors (Lipinski definition) is 1. The van der Waals surface area contributed by atoms with E-state index in [1.165, 1.54) is 19.2 Å². The van der Waals surface area contributed by atoms with Crippen molar-refractivity contribution in [3.63, 3.8) is 0 Å². The zero-order chi connectivity index (χ0) is 15.6. The van der Waals surface area contributed by atoms with Crippen molar-refractivity contribution in [1.82, 2.24) is 10.2 Å². The molecule has 0 bridgehead atoms. The summed E-state index contributed by atoms with van der Waals surface area (Å²) in [6.45, 7) is 1.73. The first-order valence-electron chi connectivity index (χ1n) is 6.38. The molecule has 1 aliphatic heterocycles. The van der Waals surface area contributed by atoms with E-state index in [1.807, 2.05) is 0 Å². The van der Waals surface area contributed by atoms with E-state index in [-0.39, 0.29) is 12.6 Å². The van der Waals surface area contributed by atoms with Gasteiger partial charge in [-0.05, 0) is 24.6 Å². The molecule has 1 saturated heterocycles. The van der Waals surface area contributed by atoms with Gasteiger partial charge >= 0.3 is 6.03 Å². The van der Waals surface area contributed by atoms with Crippen LogP contribution in [-0.4, -0.2) is 42.5 Å². The van der Waals surface area contributed by atoms with Gasteiger partial charge in [-0.2, -0.15) is 0 Å². The number of halogens is 1. The predicted octanol–water partition coefficient (Wildman–Crippen LogP) is 1.02. The summed E-state index contributed by atoms with van der Waals surface area (Å²) in [7, 11) is 1.46. The highest BCUT2D eigenvalue weighted by Crippen LogP contribution is 2.23. The number of hydrogen-bond acceptors (Lipinski definition) is 4. The number of methoxy groups -OCH3 is 1. The van der Waals surface area contributed by atoms with E-state index in [2.05, 4.69) is 5.32 Å². The van der Waals surface area contributed by atoms with Crippen LogP contribution < -0.4 is 5.32 Å². The lowest BCUT2D eigenvalue weighted by atomic mass is 9.95. The highest BCUT2D eigenvalue weighted by molar-refractivity contribution is 6.19. The second-order valence-electron chi connectivity index (χ2n) is 4.77. The van der Waals surface area contributed by atoms with Crippen molar-refractivity contribution in [1.29, 1.82) is 0 Å². The fourth-order valence-corrected chi connectivity index (χ4v) is 2.07. The number of ether oxygens (including phenoxy) is 1. The smallest absolute Gasteiger partial charge is 0.330 e. The maximum atomic E-state index is 12.9. The first kappa shape index (κ1) is 15.1. The Morgan fingerprint density at radius 3 is 2.48 bits per heavy atom. The summed E-state index contributed by atoms with van der Waals surface area (Å²) in [6.07, 6.45) is -0.359. The molecule has 0 aliphatic carbocycles. The average Bonchev–Trinajstić information content (AvgIpc) is 2.45. The van der Waals surface area contributed by atoms with Crippen LogP contribution in [0.25, 0.3) is 0 Å². The molecule has 2 unspecified atom stereocenters. The molecule has 0 spiro atoms. The monoisotopic (exact) mass is 294 g/mol. The Bertz CT molecular complexity index is 573. The molecule has 0 aromatic heterocycles. The number of benzene rings is 1. The van der Waals surface area contributed by atoms with Crippen LogP contribution >= 0.6 is 0 Å². The van der Waals surface area contributed by atoms with Crippen molar-refractivity contribution in [3.8, 4) is 0 Å². The summed E-state index contributed by atoms with van der Waals surface area (Å²) in [5, 5.41) is 2.13. The van der Waals surface area contributed by atoms with Crippen molar-refractivity contribution in [2.45, 2.75) is 18.9 Å². The quantitative estimate of drug-likeness (QED) is 0.841. The Balaban J connectivity index is 2.28. The van der Waals surface area contributed by atoms with E-state index >= 15 is 0 Å². The summed E-state index contributed by atoms with van der Waals surface area (Å²) in [4.78, 5) is 37.0. The second-order valence-corrected chi connectivity index (χ2v) is 4.77. The first-order chi connectivity index (χ1) is 9.93. The average molecular weight is 294 g/mol. The SMILES string of the molecule is COC(C)CN1C(=O)NC(=O)C(c2ccc(F)cc2)C1=O. The lowest BCUT2D eigenvalue weighted by Crippen LogP contribution is -2.58. The highest BCUT2D eigenvalue weighted by Gasteiger charge is 2.41. The number of rotatable bonds is 4. The Kier molecular flexibility index (Phi) is 4.32. The van der Waals surface area contributed by atoms with Crippen LogP contribution in [0.4, 0.5) is 9.18 Å². The number of carbonyl (C=O) groups excluding carboxylic acids is 3. The van der Waals surface area contributed by atoms with Crippen LogP contribution in [0.5, 0.6) is 0 Å². The van der Waals surface area contributed by atoms with Crippen molar-refractivity contribution < 1.29 is 23.5 Å². The molecule has 2 rings (SSSR count). The van der Waals surface area contributed by atoms with E-state index in [4.69, 9.17) is 4.74 Å². The van der Waals surface area contributed by atoms with Crippen LogP contribution in [0, 0.1) is 5.82 Å². The summed E-state index contributed by atoms with van der Waals surface area (Å²) in [5.41, 5.74) is 0.335. The van der Waals surface area contributed by atoms with Crippen molar-refractivity contribution in [2.24, 2.45) is 0 Å². The molecule has 21 heavy (non-hydrogen) atoms. The molecule has 1 N–H and O–H groups in total. The van der Waals surface area contributed by atoms with Crippen molar-refractivity contribution >= 4 is 17.8 Å². The Labute approximate surface area is 120 Å². The van der Waals surface area contributed by atoms with Gasteiger partial charge in [0.05, 0.1) is 12.6 Å². The maximum Gasteiger partial charge on any atom is 0.330 e. The number of nitrogens with zero attached hydrogens (tertiary/aromatic N) is 1. The summed E-state index contributed by atoms with van der Waals surface area (Å²) >= 11 is 0. The molecule has 1 aromatic rings. The lowest BCUT2D eigenvalue weighted by molar-refractivity contribution is -0.139. The number of amides is 4. The molecule has 1 fully saturated rings. The minimum Gasteiger partial charge on any atom is -0.380 e. The van der Waals surface area contributed by atoms with Gasteiger partial charge in [0.15, 0.2) is 0 Å². The number of nitrogens with one attached hydrogen (secondary N) is 1. The predicted molar refractivity (Wildman–Crippen MR) is 70.9 cm³/mol. The van der Waals surface area contributed by atoms with Gasteiger partial charge < -0.3 is 4.74 Å². The Morgan fingerprint density at radius 2 is 1.90 bits per heavy atom. The Hall–Kier alpha value is -2.28. The van der Waals surface area contributed by atoms with Gasteiger partial charge in [-0.1, -0.05) is 12.1 Å². The minimum atomic E-state index is -1.16. The molecule has 0 radical (unpaired) electrons. The topological polar surface area (TPSA) is 75.7 Å². The number of urea groups is 1. The van der Waals surface area contributed by atoms with Crippen LogP contribution in [0.1, 0.15) is 18.4 Å². The normalized spacial score (nSPS) is 20.4. The van der Waals surface area contributed by atoms with E-state index < -0.39 is 29.6 Å². The fourth-order valence-electron chi connectivity index (χ4n) is 2.07. The molecule has 1 heterocycles. The van der Waals surface area contributed by atoms with E-state index in [1.54, 1.807) is 6.92 Å². The van der Waals surface area contributed by atoms with Crippen LogP contribution in [0.2, 0.25) is 0 Å². The summed E-state index contributed by atoms with van der Waals surface area (Å²) in [5.74, 6) is -2.98. The molecule has 2 atom stereocenters. The van der Waals surface area contributed by atoms with Gasteiger partial charge in [0.1, 0.15) is 11.7 Å². The van der Waals surface area contributed by atoms with Crippen LogP contribution in [0.3, 0.4) is 0 Å². The van der Waals surface area contributed by atoms with Gasteiger partial charge in [-0.25, -0.2) is 9.18 Å². The molecule has 4 amide bonds. The fraction of sp³-hybridized carbons (Fsp3) is 0.357. The van der Waals surface area contributed by atoms with E-state index in [0.717, 1.165) is 17.0 Å². The number of imide groups is 2. The number of barbiturate groups is 1. The van der Waals surface area contributed by atoms with E-state index in [9.17, 15) is 18.8 Å². The molecule has 0 saturated carbocycles.